The maximum absolute atomic E-state index is 12.2. The van der Waals surface area contributed by atoms with Crippen LogP contribution in [0.3, 0.4) is 0 Å². The van der Waals surface area contributed by atoms with Gasteiger partial charge in [-0.2, -0.15) is 0 Å². The van der Waals surface area contributed by atoms with Gasteiger partial charge in [-0.15, -0.1) is 0 Å². The minimum absolute atomic E-state index is 0.0746. The highest BCUT2D eigenvalue weighted by atomic mass is 16.1. The van der Waals surface area contributed by atoms with E-state index in [2.05, 4.69) is 5.32 Å². The van der Waals surface area contributed by atoms with Gasteiger partial charge < -0.3 is 15.6 Å². The molecule has 2 aromatic rings. The van der Waals surface area contributed by atoms with Crippen molar-refractivity contribution in [3.63, 3.8) is 0 Å². The quantitative estimate of drug-likeness (QED) is 0.847. The van der Waals surface area contributed by atoms with E-state index >= 15 is 0 Å². The van der Waals surface area contributed by atoms with Gasteiger partial charge >= 0.3 is 0 Å². The topological polar surface area (TPSA) is 77.1 Å². The third-order valence-electron chi connectivity index (χ3n) is 3.25. The standard InChI is InChI=1S/C16H19N3O2/c1-3-8-19-10-13(6-7-15(19)20)18-16(21)12-5-4-11(2)14(17)9-12/h4-7,9-10H,3,8,17H2,1-2H3,(H,18,21). The molecule has 0 bridgehead atoms. The predicted molar refractivity (Wildman–Crippen MR) is 84.5 cm³/mol. The molecule has 0 aliphatic rings. The van der Waals surface area contributed by atoms with Gasteiger partial charge in [0.1, 0.15) is 0 Å². The fourth-order valence-electron chi connectivity index (χ4n) is 2.01. The Morgan fingerprint density at radius 3 is 2.71 bits per heavy atom. The minimum atomic E-state index is -0.247. The molecule has 1 aromatic heterocycles. The number of amides is 1. The average Bonchev–Trinajstić information content (AvgIpc) is 2.45. The molecule has 0 radical (unpaired) electrons. The number of carbonyl (C=O) groups is 1. The highest BCUT2D eigenvalue weighted by molar-refractivity contribution is 6.04. The number of aromatic nitrogens is 1. The van der Waals surface area contributed by atoms with Crippen molar-refractivity contribution in [1.82, 2.24) is 4.57 Å². The number of nitrogens with zero attached hydrogens (tertiary/aromatic N) is 1. The molecule has 0 atom stereocenters. The van der Waals surface area contributed by atoms with E-state index < -0.39 is 0 Å². The van der Waals surface area contributed by atoms with Crippen LogP contribution in [0.4, 0.5) is 11.4 Å². The van der Waals surface area contributed by atoms with Crippen molar-refractivity contribution in [2.75, 3.05) is 11.1 Å². The second kappa shape index (κ2) is 6.26. The van der Waals surface area contributed by atoms with Crippen LogP contribution >= 0.6 is 0 Å². The number of nitrogens with one attached hydrogen (secondary N) is 1. The van der Waals surface area contributed by atoms with Crippen LogP contribution in [0.2, 0.25) is 0 Å². The number of nitrogens with two attached hydrogens (primary N) is 1. The summed E-state index contributed by atoms with van der Waals surface area (Å²) in [5, 5.41) is 2.78. The number of carbonyl (C=O) groups excluding carboxylic acids is 1. The van der Waals surface area contributed by atoms with Gasteiger partial charge in [-0.25, -0.2) is 0 Å². The molecule has 21 heavy (non-hydrogen) atoms. The Bertz CT molecular complexity index is 720. The molecule has 1 heterocycles. The first-order valence-electron chi connectivity index (χ1n) is 6.89. The summed E-state index contributed by atoms with van der Waals surface area (Å²) in [4.78, 5) is 23.8. The highest BCUT2D eigenvalue weighted by Gasteiger charge is 2.08. The van der Waals surface area contributed by atoms with E-state index in [0.29, 0.717) is 23.5 Å². The number of nitrogen functional groups attached to an aromatic ring is 1. The first-order chi connectivity index (χ1) is 10.0. The van der Waals surface area contributed by atoms with Crippen LogP contribution in [-0.4, -0.2) is 10.5 Å². The Morgan fingerprint density at radius 1 is 1.29 bits per heavy atom. The summed E-state index contributed by atoms with van der Waals surface area (Å²) in [6.45, 7) is 4.50. The van der Waals surface area contributed by atoms with Crippen LogP contribution in [-0.2, 0) is 6.54 Å². The number of hydrogen-bond donors (Lipinski definition) is 2. The normalized spacial score (nSPS) is 10.4. The van der Waals surface area contributed by atoms with E-state index in [1.165, 1.54) is 6.07 Å². The van der Waals surface area contributed by atoms with Crippen LogP contribution < -0.4 is 16.6 Å². The van der Waals surface area contributed by atoms with Crippen molar-refractivity contribution in [1.29, 1.82) is 0 Å². The molecule has 0 fully saturated rings. The number of anilines is 2. The van der Waals surface area contributed by atoms with Crippen LogP contribution in [0, 0.1) is 6.92 Å². The lowest BCUT2D eigenvalue weighted by atomic mass is 10.1. The highest BCUT2D eigenvalue weighted by Crippen LogP contribution is 2.14. The smallest absolute Gasteiger partial charge is 0.255 e. The molecule has 0 spiro atoms. The number of pyridine rings is 1. The van der Waals surface area contributed by atoms with Crippen LogP contribution in [0.1, 0.15) is 29.3 Å². The number of aryl methyl sites for hydroxylation is 2. The molecule has 2 rings (SSSR count). The fraction of sp³-hybridized carbons (Fsp3) is 0.250. The molecule has 5 nitrogen and oxygen atoms in total. The molecule has 0 saturated carbocycles. The zero-order chi connectivity index (χ0) is 15.4. The van der Waals surface area contributed by atoms with E-state index in [4.69, 9.17) is 5.73 Å². The number of rotatable bonds is 4. The van der Waals surface area contributed by atoms with E-state index in [1.54, 1.807) is 29.0 Å². The summed E-state index contributed by atoms with van der Waals surface area (Å²) >= 11 is 0. The first kappa shape index (κ1) is 14.8. The molecule has 5 heteroatoms. The largest absolute Gasteiger partial charge is 0.398 e. The Kier molecular flexibility index (Phi) is 4.42. The molecule has 1 amide bonds. The van der Waals surface area contributed by atoms with E-state index in [1.807, 2.05) is 19.9 Å². The second-order valence-electron chi connectivity index (χ2n) is 4.97. The molecule has 1 aromatic carbocycles. The van der Waals surface area contributed by atoms with Crippen molar-refractivity contribution in [3.05, 3.63) is 58.0 Å². The number of benzene rings is 1. The zero-order valence-corrected chi connectivity index (χ0v) is 12.2. The zero-order valence-electron chi connectivity index (χ0n) is 12.2. The molecular weight excluding hydrogens is 266 g/mol. The molecule has 110 valence electrons. The molecule has 0 aliphatic heterocycles. The van der Waals surface area contributed by atoms with Crippen molar-refractivity contribution in [3.8, 4) is 0 Å². The second-order valence-corrected chi connectivity index (χ2v) is 4.97. The van der Waals surface area contributed by atoms with Gasteiger partial charge in [-0.1, -0.05) is 13.0 Å². The third kappa shape index (κ3) is 3.51. The van der Waals surface area contributed by atoms with E-state index in [9.17, 15) is 9.59 Å². The fourth-order valence-corrected chi connectivity index (χ4v) is 2.01. The maximum Gasteiger partial charge on any atom is 0.255 e. The average molecular weight is 285 g/mol. The predicted octanol–water partition coefficient (Wildman–Crippen LogP) is 2.40. The van der Waals surface area contributed by atoms with Gasteiger partial charge in [0.05, 0.1) is 5.69 Å². The summed E-state index contributed by atoms with van der Waals surface area (Å²) in [5.74, 6) is -0.247. The van der Waals surface area contributed by atoms with Crippen molar-refractivity contribution in [2.24, 2.45) is 0 Å². The van der Waals surface area contributed by atoms with Gasteiger partial charge in [0.15, 0.2) is 0 Å². The Balaban J connectivity index is 2.21. The minimum Gasteiger partial charge on any atom is -0.398 e. The molecule has 0 unspecified atom stereocenters. The number of hydrogen-bond acceptors (Lipinski definition) is 3. The summed E-state index contributed by atoms with van der Waals surface area (Å²) in [6, 6.07) is 8.23. The maximum atomic E-state index is 12.2. The summed E-state index contributed by atoms with van der Waals surface area (Å²) < 4.78 is 1.58. The molecule has 0 aliphatic carbocycles. The lowest BCUT2D eigenvalue weighted by Gasteiger charge is -2.09. The SMILES string of the molecule is CCCn1cc(NC(=O)c2ccc(C)c(N)c2)ccc1=O. The van der Waals surface area contributed by atoms with E-state index in [-0.39, 0.29) is 11.5 Å². The van der Waals surface area contributed by atoms with Crippen LogP contribution in [0.15, 0.2) is 41.3 Å². The van der Waals surface area contributed by atoms with Gasteiger partial charge in [0, 0.05) is 30.1 Å². The van der Waals surface area contributed by atoms with Gasteiger partial charge in [0.2, 0.25) is 0 Å². The Hall–Kier alpha value is -2.56. The summed E-state index contributed by atoms with van der Waals surface area (Å²) in [5.41, 5.74) is 8.33. The monoisotopic (exact) mass is 285 g/mol. The van der Waals surface area contributed by atoms with Crippen LogP contribution in [0.25, 0.3) is 0 Å². The van der Waals surface area contributed by atoms with E-state index in [0.717, 1.165) is 12.0 Å². The van der Waals surface area contributed by atoms with Crippen molar-refractivity contribution in [2.45, 2.75) is 26.8 Å². The molecule has 0 saturated heterocycles. The van der Waals surface area contributed by atoms with Crippen molar-refractivity contribution < 1.29 is 4.79 Å². The van der Waals surface area contributed by atoms with Crippen LogP contribution in [0.5, 0.6) is 0 Å². The Morgan fingerprint density at radius 2 is 2.05 bits per heavy atom. The summed E-state index contributed by atoms with van der Waals surface area (Å²) in [6.07, 6.45) is 2.51. The third-order valence-corrected chi connectivity index (χ3v) is 3.25. The van der Waals surface area contributed by atoms with Gasteiger partial charge in [-0.3, -0.25) is 9.59 Å². The van der Waals surface area contributed by atoms with Gasteiger partial charge in [0.25, 0.3) is 11.5 Å². The lowest BCUT2D eigenvalue weighted by Crippen LogP contribution is -2.20. The Labute approximate surface area is 123 Å². The van der Waals surface area contributed by atoms with Gasteiger partial charge in [-0.05, 0) is 37.1 Å². The summed E-state index contributed by atoms with van der Waals surface area (Å²) in [7, 11) is 0. The lowest BCUT2D eigenvalue weighted by molar-refractivity contribution is 0.102. The molecule has 3 N–H and O–H groups in total. The van der Waals surface area contributed by atoms with Crippen molar-refractivity contribution >= 4 is 17.3 Å². The first-order valence-corrected chi connectivity index (χ1v) is 6.89. The molecular formula is C16H19N3O2.